The monoisotopic (exact) mass is 357 g/mol. The lowest BCUT2D eigenvalue weighted by Crippen LogP contribution is -2.53. The molecule has 0 saturated carbocycles. The van der Waals surface area contributed by atoms with E-state index in [2.05, 4.69) is 4.98 Å². The normalized spacial score (nSPS) is 12.9. The Bertz CT molecular complexity index is 607. The SMILES string of the molecule is CC(C)(C)OC(=O)c1cc(B(O)OC(C)(C)C(C)(C)O)cc(Cl)n1. The quantitative estimate of drug-likeness (QED) is 0.475. The summed E-state index contributed by atoms with van der Waals surface area (Å²) in [5.74, 6) is -0.653. The molecular weight excluding hydrogens is 332 g/mol. The molecule has 6 nitrogen and oxygen atoms in total. The summed E-state index contributed by atoms with van der Waals surface area (Å²) in [6, 6.07) is 2.74. The van der Waals surface area contributed by atoms with Crippen molar-refractivity contribution in [1.82, 2.24) is 4.98 Å². The standard InChI is InChI=1S/C16H25BClNO5/c1-14(2,3)23-13(20)11-8-10(9-12(18)19-11)17(22)24-16(6,7)15(4,5)21/h8-9,21-22H,1-7H3. The third-order valence-corrected chi connectivity index (χ3v) is 3.78. The maximum atomic E-state index is 12.1. The lowest BCUT2D eigenvalue weighted by Gasteiger charge is -2.38. The van der Waals surface area contributed by atoms with Crippen LogP contribution in [0.3, 0.4) is 0 Å². The summed E-state index contributed by atoms with van der Waals surface area (Å²) in [5, 5.41) is 20.5. The highest BCUT2D eigenvalue weighted by Gasteiger charge is 2.39. The Hall–Kier alpha value is -1.15. The summed E-state index contributed by atoms with van der Waals surface area (Å²) in [6.45, 7) is 11.7. The Morgan fingerprint density at radius 3 is 2.17 bits per heavy atom. The number of esters is 1. The predicted molar refractivity (Wildman–Crippen MR) is 93.5 cm³/mol. The summed E-state index contributed by atoms with van der Waals surface area (Å²) >= 11 is 5.94. The first kappa shape index (κ1) is 20.9. The van der Waals surface area contributed by atoms with Gasteiger partial charge in [-0.25, -0.2) is 9.78 Å². The van der Waals surface area contributed by atoms with Gasteiger partial charge in [-0.2, -0.15) is 0 Å². The second kappa shape index (κ2) is 7.00. The van der Waals surface area contributed by atoms with Crippen molar-refractivity contribution >= 4 is 30.2 Å². The molecule has 0 saturated heterocycles. The van der Waals surface area contributed by atoms with Crippen molar-refractivity contribution in [3.8, 4) is 0 Å². The molecule has 0 bridgehead atoms. The fourth-order valence-corrected chi connectivity index (χ4v) is 1.80. The van der Waals surface area contributed by atoms with E-state index in [1.54, 1.807) is 48.5 Å². The minimum Gasteiger partial charge on any atom is -0.455 e. The van der Waals surface area contributed by atoms with Crippen molar-refractivity contribution in [3.05, 3.63) is 23.0 Å². The average Bonchev–Trinajstić information content (AvgIpc) is 2.33. The number of ether oxygens (including phenoxy) is 1. The van der Waals surface area contributed by atoms with Gasteiger partial charge in [-0.3, -0.25) is 0 Å². The number of carbonyl (C=O) groups is 1. The van der Waals surface area contributed by atoms with Crippen molar-refractivity contribution in [2.75, 3.05) is 0 Å². The van der Waals surface area contributed by atoms with E-state index in [-0.39, 0.29) is 16.3 Å². The fourth-order valence-electron chi connectivity index (χ4n) is 1.59. The third-order valence-electron chi connectivity index (χ3n) is 3.59. The number of aromatic nitrogens is 1. The number of aliphatic hydroxyl groups is 1. The zero-order chi connectivity index (χ0) is 18.9. The number of nitrogens with zero attached hydrogens (tertiary/aromatic N) is 1. The van der Waals surface area contributed by atoms with E-state index < -0.39 is 29.9 Å². The highest BCUT2D eigenvalue weighted by Crippen LogP contribution is 2.25. The van der Waals surface area contributed by atoms with Gasteiger partial charge < -0.3 is 19.5 Å². The van der Waals surface area contributed by atoms with Crippen molar-refractivity contribution in [2.24, 2.45) is 0 Å². The average molecular weight is 358 g/mol. The van der Waals surface area contributed by atoms with Crippen molar-refractivity contribution in [2.45, 2.75) is 65.3 Å². The number of hydrogen-bond acceptors (Lipinski definition) is 6. The van der Waals surface area contributed by atoms with Crippen LogP contribution in [0, 0.1) is 0 Å². The first-order valence-corrected chi connectivity index (χ1v) is 7.99. The first-order chi connectivity index (χ1) is 10.6. The van der Waals surface area contributed by atoms with Crippen LogP contribution in [0.4, 0.5) is 0 Å². The van der Waals surface area contributed by atoms with E-state index in [1.807, 2.05) is 0 Å². The molecule has 0 aliphatic heterocycles. The van der Waals surface area contributed by atoms with Gasteiger partial charge in [0.2, 0.25) is 0 Å². The van der Waals surface area contributed by atoms with E-state index >= 15 is 0 Å². The summed E-state index contributed by atoms with van der Waals surface area (Å²) in [6.07, 6.45) is 0. The summed E-state index contributed by atoms with van der Waals surface area (Å²) in [4.78, 5) is 16.0. The van der Waals surface area contributed by atoms with Gasteiger partial charge in [-0.15, -0.1) is 0 Å². The van der Waals surface area contributed by atoms with E-state index in [9.17, 15) is 14.9 Å². The van der Waals surface area contributed by atoms with Crippen LogP contribution in [-0.4, -0.2) is 45.0 Å². The van der Waals surface area contributed by atoms with Gasteiger partial charge in [-0.05, 0) is 66.1 Å². The molecule has 0 aliphatic rings. The first-order valence-electron chi connectivity index (χ1n) is 7.61. The molecule has 0 aromatic carbocycles. The Labute approximate surface area is 148 Å². The van der Waals surface area contributed by atoms with E-state index in [0.29, 0.717) is 0 Å². The molecule has 24 heavy (non-hydrogen) atoms. The molecule has 0 fully saturated rings. The fraction of sp³-hybridized carbons (Fsp3) is 0.625. The Morgan fingerprint density at radius 1 is 1.17 bits per heavy atom. The van der Waals surface area contributed by atoms with E-state index in [4.69, 9.17) is 21.0 Å². The second-order valence-electron chi connectivity index (χ2n) is 7.65. The number of rotatable bonds is 5. The summed E-state index contributed by atoms with van der Waals surface area (Å²) < 4.78 is 10.8. The number of carbonyl (C=O) groups excluding carboxylic acids is 1. The van der Waals surface area contributed by atoms with Gasteiger partial charge in [0.05, 0.1) is 11.2 Å². The van der Waals surface area contributed by atoms with Crippen LogP contribution in [0.15, 0.2) is 12.1 Å². The molecular formula is C16H25BClNO5. The van der Waals surface area contributed by atoms with Gasteiger partial charge in [-0.1, -0.05) is 11.6 Å². The van der Waals surface area contributed by atoms with Crippen LogP contribution >= 0.6 is 11.6 Å². The minimum absolute atomic E-state index is 0.0251. The predicted octanol–water partition coefficient (Wildman–Crippen LogP) is 1.94. The van der Waals surface area contributed by atoms with Crippen LogP contribution in [0.1, 0.15) is 59.0 Å². The number of halogens is 1. The van der Waals surface area contributed by atoms with Crippen LogP contribution in [0.25, 0.3) is 0 Å². The molecule has 8 heteroatoms. The molecule has 0 spiro atoms. The molecule has 1 aromatic rings. The molecule has 134 valence electrons. The molecule has 0 aliphatic carbocycles. The number of hydrogen-bond donors (Lipinski definition) is 2. The van der Waals surface area contributed by atoms with Gasteiger partial charge in [0.1, 0.15) is 16.4 Å². The highest BCUT2D eigenvalue weighted by molar-refractivity contribution is 6.60. The molecule has 0 atom stereocenters. The summed E-state index contributed by atoms with van der Waals surface area (Å²) in [7, 11) is -1.40. The maximum Gasteiger partial charge on any atom is 0.491 e. The lowest BCUT2D eigenvalue weighted by molar-refractivity contribution is -0.0982. The summed E-state index contributed by atoms with van der Waals surface area (Å²) in [5.41, 5.74) is -2.71. The topological polar surface area (TPSA) is 88.9 Å². The highest BCUT2D eigenvalue weighted by atomic mass is 35.5. The van der Waals surface area contributed by atoms with E-state index in [1.165, 1.54) is 12.1 Å². The van der Waals surface area contributed by atoms with Gasteiger partial charge in [0, 0.05) is 0 Å². The zero-order valence-corrected chi connectivity index (χ0v) is 15.9. The minimum atomic E-state index is -1.40. The largest absolute Gasteiger partial charge is 0.491 e. The zero-order valence-electron chi connectivity index (χ0n) is 15.2. The molecule has 0 radical (unpaired) electrons. The molecule has 2 N–H and O–H groups in total. The molecule has 1 rings (SSSR count). The van der Waals surface area contributed by atoms with Gasteiger partial charge >= 0.3 is 13.1 Å². The Kier molecular flexibility index (Phi) is 6.09. The lowest BCUT2D eigenvalue weighted by atomic mass is 9.76. The second-order valence-corrected chi connectivity index (χ2v) is 8.04. The van der Waals surface area contributed by atoms with Crippen molar-refractivity contribution < 1.29 is 24.3 Å². The molecule has 1 aromatic heterocycles. The molecule has 0 amide bonds. The van der Waals surface area contributed by atoms with E-state index in [0.717, 1.165) is 0 Å². The van der Waals surface area contributed by atoms with Crippen LogP contribution < -0.4 is 5.46 Å². The van der Waals surface area contributed by atoms with Crippen LogP contribution in [-0.2, 0) is 9.39 Å². The van der Waals surface area contributed by atoms with Crippen LogP contribution in [0.2, 0.25) is 5.15 Å². The molecule has 1 heterocycles. The van der Waals surface area contributed by atoms with Crippen molar-refractivity contribution in [1.29, 1.82) is 0 Å². The van der Waals surface area contributed by atoms with Crippen molar-refractivity contribution in [3.63, 3.8) is 0 Å². The Balaban J connectivity index is 3.07. The number of pyridine rings is 1. The van der Waals surface area contributed by atoms with Gasteiger partial charge in [0.25, 0.3) is 0 Å². The van der Waals surface area contributed by atoms with Gasteiger partial charge in [0.15, 0.2) is 0 Å². The smallest absolute Gasteiger partial charge is 0.455 e. The maximum absolute atomic E-state index is 12.1. The van der Waals surface area contributed by atoms with Crippen LogP contribution in [0.5, 0.6) is 0 Å². The third kappa shape index (κ3) is 5.74. The Morgan fingerprint density at radius 2 is 1.71 bits per heavy atom. The molecule has 0 unspecified atom stereocenters.